The fraction of sp³-hybridized carbons (Fsp3) is 0.250. The lowest BCUT2D eigenvalue weighted by atomic mass is 10.2. The van der Waals surface area contributed by atoms with Gasteiger partial charge >= 0.3 is 0 Å². The molecule has 0 bridgehead atoms. The van der Waals surface area contributed by atoms with Gasteiger partial charge in [-0.15, -0.1) is 10.8 Å². The van der Waals surface area contributed by atoms with Crippen molar-refractivity contribution in [3.63, 3.8) is 0 Å². The second kappa shape index (κ2) is 2.39. The van der Waals surface area contributed by atoms with Gasteiger partial charge in [-0.05, 0) is 11.6 Å². The van der Waals surface area contributed by atoms with Gasteiger partial charge in [0, 0.05) is 7.05 Å². The van der Waals surface area contributed by atoms with E-state index in [4.69, 9.17) is 0 Å². The summed E-state index contributed by atoms with van der Waals surface area (Å²) in [5.74, 6) is 0.361. The van der Waals surface area contributed by atoms with Crippen molar-refractivity contribution in [3.8, 4) is 0 Å². The summed E-state index contributed by atoms with van der Waals surface area (Å²) >= 11 is 0. The molecule has 66 valence electrons. The van der Waals surface area contributed by atoms with Crippen molar-refractivity contribution < 1.29 is 9.11 Å². The van der Waals surface area contributed by atoms with Crippen LogP contribution in [-0.4, -0.2) is 16.2 Å². The van der Waals surface area contributed by atoms with Crippen molar-refractivity contribution in [2.75, 3.05) is 11.4 Å². The van der Waals surface area contributed by atoms with Gasteiger partial charge in [-0.3, -0.25) is 13.4 Å². The van der Waals surface area contributed by atoms with Gasteiger partial charge in [-0.25, -0.2) is 0 Å². The summed E-state index contributed by atoms with van der Waals surface area (Å²) in [4.78, 5) is 0. The minimum absolute atomic E-state index is 0.361. The number of hydrogen-bond donors (Lipinski definition) is 2. The van der Waals surface area contributed by atoms with E-state index in [0.717, 1.165) is 11.3 Å². The van der Waals surface area contributed by atoms with Gasteiger partial charge < -0.3 is 0 Å². The van der Waals surface area contributed by atoms with Crippen LogP contribution < -0.4 is 4.31 Å². The van der Waals surface area contributed by atoms with Crippen molar-refractivity contribution in [2.24, 2.45) is 0 Å². The number of anilines is 1. The Kier molecular flexibility index (Phi) is 1.57. The van der Waals surface area contributed by atoms with Crippen LogP contribution in [-0.2, 0) is 5.75 Å². The summed E-state index contributed by atoms with van der Waals surface area (Å²) in [5.41, 5.74) is 1.94. The van der Waals surface area contributed by atoms with Crippen molar-refractivity contribution in [3.05, 3.63) is 29.8 Å². The van der Waals surface area contributed by atoms with Crippen LogP contribution in [0.5, 0.6) is 0 Å². The van der Waals surface area contributed by atoms with Gasteiger partial charge in [0.2, 0.25) is 0 Å². The Hall–Kier alpha value is -0.710. The van der Waals surface area contributed by atoms with Crippen LogP contribution in [0.1, 0.15) is 5.56 Å². The Bertz CT molecular complexity index is 314. The van der Waals surface area contributed by atoms with Gasteiger partial charge in [0.1, 0.15) is 0 Å². The summed E-state index contributed by atoms with van der Waals surface area (Å²) in [6.45, 7) is 0. The highest BCUT2D eigenvalue weighted by molar-refractivity contribution is 8.25. The zero-order chi connectivity index (χ0) is 8.77. The van der Waals surface area contributed by atoms with Gasteiger partial charge in [0.05, 0.1) is 11.4 Å². The Balaban J connectivity index is 2.49. The molecule has 0 saturated carbocycles. The highest BCUT2D eigenvalue weighted by Gasteiger charge is 2.29. The molecule has 12 heavy (non-hydrogen) atoms. The number of benzene rings is 1. The molecule has 0 saturated heterocycles. The van der Waals surface area contributed by atoms with E-state index in [1.807, 2.05) is 24.3 Å². The molecule has 0 amide bonds. The summed E-state index contributed by atoms with van der Waals surface area (Å²) < 4.78 is 20.7. The minimum atomic E-state index is -2.55. The molecule has 4 heteroatoms. The lowest BCUT2D eigenvalue weighted by Crippen LogP contribution is -2.17. The third kappa shape index (κ3) is 0.998. The maximum atomic E-state index is 9.55. The van der Waals surface area contributed by atoms with Crippen molar-refractivity contribution >= 4 is 16.5 Å². The Morgan fingerprint density at radius 1 is 1.33 bits per heavy atom. The van der Waals surface area contributed by atoms with E-state index in [2.05, 4.69) is 0 Å². The van der Waals surface area contributed by atoms with Crippen LogP contribution in [0, 0.1) is 0 Å². The van der Waals surface area contributed by atoms with E-state index in [-0.39, 0.29) is 0 Å². The third-order valence-corrected chi connectivity index (χ3v) is 3.89. The molecule has 1 aliphatic rings. The average molecular weight is 185 g/mol. The zero-order valence-corrected chi connectivity index (χ0v) is 7.58. The molecule has 2 rings (SSSR count). The molecule has 0 unspecified atom stereocenters. The van der Waals surface area contributed by atoms with Crippen LogP contribution in [0.2, 0.25) is 0 Å². The molecule has 0 radical (unpaired) electrons. The Labute approximate surface area is 73.1 Å². The molecule has 2 N–H and O–H groups in total. The fourth-order valence-corrected chi connectivity index (χ4v) is 2.75. The first-order chi connectivity index (χ1) is 5.61. The summed E-state index contributed by atoms with van der Waals surface area (Å²) in [5, 5.41) is 0. The second-order valence-corrected chi connectivity index (χ2v) is 5.00. The Morgan fingerprint density at radius 2 is 2.00 bits per heavy atom. The number of hydrogen-bond acceptors (Lipinski definition) is 3. The standard InChI is InChI=1S/C8H11NO2S/c1-9-8-5-3-2-4-7(8)6-12(9,10)11/h2-5,10-11H,6H2,1H3. The van der Waals surface area contributed by atoms with Gasteiger partial charge in [0.25, 0.3) is 0 Å². The highest BCUT2D eigenvalue weighted by Crippen LogP contribution is 2.55. The summed E-state index contributed by atoms with van der Waals surface area (Å²) in [6.07, 6.45) is 0. The summed E-state index contributed by atoms with van der Waals surface area (Å²) in [7, 11) is -0.841. The topological polar surface area (TPSA) is 43.7 Å². The van der Waals surface area contributed by atoms with E-state index < -0.39 is 10.8 Å². The van der Waals surface area contributed by atoms with Crippen molar-refractivity contribution in [1.29, 1.82) is 0 Å². The first kappa shape index (κ1) is 7.91. The van der Waals surface area contributed by atoms with Gasteiger partial charge in [-0.2, -0.15) is 0 Å². The number of fused-ring (bicyclic) bond motifs is 1. The molecule has 0 fully saturated rings. The molecule has 1 aromatic carbocycles. The van der Waals surface area contributed by atoms with Crippen LogP contribution in [0.4, 0.5) is 5.69 Å². The highest BCUT2D eigenvalue weighted by atomic mass is 32.3. The van der Waals surface area contributed by atoms with Crippen LogP contribution in [0.25, 0.3) is 0 Å². The third-order valence-electron chi connectivity index (χ3n) is 2.12. The number of para-hydroxylation sites is 1. The molecule has 1 aliphatic heterocycles. The molecule has 0 aliphatic carbocycles. The largest absolute Gasteiger partial charge is 0.281 e. The van der Waals surface area contributed by atoms with Crippen LogP contribution in [0.3, 0.4) is 0 Å². The van der Waals surface area contributed by atoms with Crippen molar-refractivity contribution in [2.45, 2.75) is 5.75 Å². The van der Waals surface area contributed by atoms with Gasteiger partial charge in [-0.1, -0.05) is 18.2 Å². The first-order valence-electron chi connectivity index (χ1n) is 3.69. The predicted molar refractivity (Wildman–Crippen MR) is 51.4 cm³/mol. The lowest BCUT2D eigenvalue weighted by Gasteiger charge is -2.35. The van der Waals surface area contributed by atoms with Crippen molar-refractivity contribution in [1.82, 2.24) is 0 Å². The smallest absolute Gasteiger partial charge is 0.0849 e. The fourth-order valence-electron chi connectivity index (χ4n) is 1.40. The normalized spacial score (nSPS) is 22.1. The molecular weight excluding hydrogens is 174 g/mol. The van der Waals surface area contributed by atoms with E-state index in [1.54, 1.807) is 11.4 Å². The first-order valence-corrected chi connectivity index (χ1v) is 5.36. The maximum Gasteiger partial charge on any atom is 0.0849 e. The molecule has 0 aromatic heterocycles. The second-order valence-electron chi connectivity index (χ2n) is 2.90. The van der Waals surface area contributed by atoms with E-state index in [0.29, 0.717) is 5.75 Å². The molecule has 1 heterocycles. The van der Waals surface area contributed by atoms with Gasteiger partial charge in [0.15, 0.2) is 0 Å². The predicted octanol–water partition coefficient (Wildman–Crippen LogP) is 2.30. The molecule has 3 nitrogen and oxygen atoms in total. The van der Waals surface area contributed by atoms with Crippen LogP contribution in [0.15, 0.2) is 24.3 Å². The van der Waals surface area contributed by atoms with Crippen LogP contribution >= 0.6 is 10.8 Å². The Morgan fingerprint density at radius 3 is 2.67 bits per heavy atom. The van der Waals surface area contributed by atoms with E-state index in [9.17, 15) is 9.11 Å². The molecular formula is C8H11NO2S. The number of rotatable bonds is 0. The quantitative estimate of drug-likeness (QED) is 0.651. The SMILES string of the molecule is CN1c2ccccc2CS1(O)O. The van der Waals surface area contributed by atoms with E-state index in [1.165, 1.54) is 0 Å². The molecule has 1 aromatic rings. The maximum absolute atomic E-state index is 9.55. The minimum Gasteiger partial charge on any atom is -0.281 e. The summed E-state index contributed by atoms with van der Waals surface area (Å²) in [6, 6.07) is 7.63. The monoisotopic (exact) mass is 185 g/mol. The van der Waals surface area contributed by atoms with E-state index >= 15 is 0 Å². The molecule has 0 atom stereocenters. The lowest BCUT2D eigenvalue weighted by molar-refractivity contribution is 0.487. The number of nitrogens with zero attached hydrogens (tertiary/aromatic N) is 1. The molecule has 0 spiro atoms. The average Bonchev–Trinajstić information content (AvgIpc) is 2.24. The zero-order valence-electron chi connectivity index (χ0n) is 6.77.